The zero-order valence-corrected chi connectivity index (χ0v) is 13.2. The molecule has 0 saturated carbocycles. The molecule has 1 radical (unpaired) electrons. The van der Waals surface area contributed by atoms with Crippen LogP contribution in [0.2, 0.25) is 0 Å². The molecule has 0 spiro atoms. The molecule has 1 heterocycles. The average molecular weight is 390 g/mol. The Morgan fingerprint density at radius 2 is 1.61 bits per heavy atom. The van der Waals surface area contributed by atoms with Gasteiger partial charge in [-0.05, 0) is 30.3 Å². The Balaban J connectivity index is 0.00000162. The van der Waals surface area contributed by atoms with Gasteiger partial charge in [0.2, 0.25) is 5.95 Å². The maximum Gasteiger partial charge on any atom is 3.00 e. The Labute approximate surface area is 138 Å². The van der Waals surface area contributed by atoms with E-state index in [2.05, 4.69) is 14.7 Å². The van der Waals surface area contributed by atoms with Crippen molar-refractivity contribution in [1.82, 2.24) is 9.97 Å². The number of nitrogens with zero attached hydrogens (tertiary/aromatic N) is 2. The number of hydrogen-bond donors (Lipinski definition) is 2. The van der Waals surface area contributed by atoms with Crippen molar-refractivity contribution in [2.75, 3.05) is 10.5 Å². The Bertz CT molecular complexity index is 602. The standard InChI is InChI=1S/C10H10N4O2S.Ce/c11-8-2-4-9(5-3-8)17(15,16)14-10-12-6-1-7-13-10;/h1-7H,11H2,(H,12,13,14);/q;+3. The molecule has 6 nitrogen and oxygen atoms in total. The van der Waals surface area contributed by atoms with Gasteiger partial charge < -0.3 is 5.73 Å². The van der Waals surface area contributed by atoms with Crippen LogP contribution in [0.5, 0.6) is 0 Å². The van der Waals surface area contributed by atoms with E-state index in [-0.39, 0.29) is 52.6 Å². The fourth-order valence-electron chi connectivity index (χ4n) is 1.18. The van der Waals surface area contributed by atoms with Crippen LogP contribution in [0.25, 0.3) is 0 Å². The summed E-state index contributed by atoms with van der Waals surface area (Å²) in [5, 5.41) is 0. The SMILES string of the molecule is Nc1ccc(S(=O)(=O)Nc2ncccn2)cc1.[Ce+3]. The summed E-state index contributed by atoms with van der Waals surface area (Å²) >= 11 is 0. The van der Waals surface area contributed by atoms with E-state index in [4.69, 9.17) is 5.73 Å². The van der Waals surface area contributed by atoms with Gasteiger partial charge in [0.05, 0.1) is 4.90 Å². The maximum absolute atomic E-state index is 11.9. The minimum absolute atomic E-state index is 0. The maximum atomic E-state index is 11.9. The van der Waals surface area contributed by atoms with Crippen LogP contribution in [0.1, 0.15) is 0 Å². The Hall–Kier alpha value is -0.773. The topological polar surface area (TPSA) is 98.0 Å². The number of nitrogens with two attached hydrogens (primary N) is 1. The molecule has 0 bridgehead atoms. The normalized spacial score (nSPS) is 10.4. The summed E-state index contributed by atoms with van der Waals surface area (Å²) in [6.45, 7) is 0. The summed E-state index contributed by atoms with van der Waals surface area (Å²) in [6.07, 6.45) is 2.90. The second kappa shape index (κ2) is 6.41. The zero-order chi connectivity index (χ0) is 12.3. The summed E-state index contributed by atoms with van der Waals surface area (Å²) in [4.78, 5) is 7.67. The summed E-state index contributed by atoms with van der Waals surface area (Å²) in [5.74, 6) is 0.0318. The van der Waals surface area contributed by atoms with Gasteiger partial charge >= 0.3 is 41.7 Å². The fraction of sp³-hybridized carbons (Fsp3) is 0. The summed E-state index contributed by atoms with van der Waals surface area (Å²) in [6, 6.07) is 7.46. The van der Waals surface area contributed by atoms with Crippen molar-refractivity contribution in [3.8, 4) is 0 Å². The second-order valence-corrected chi connectivity index (χ2v) is 4.93. The fourth-order valence-corrected chi connectivity index (χ4v) is 2.14. The number of nitrogen functional groups attached to an aromatic ring is 1. The van der Waals surface area contributed by atoms with E-state index in [9.17, 15) is 8.42 Å². The van der Waals surface area contributed by atoms with Crippen molar-refractivity contribution in [1.29, 1.82) is 0 Å². The number of nitrogens with one attached hydrogen (secondary N) is 1. The van der Waals surface area contributed by atoms with Gasteiger partial charge in [0.15, 0.2) is 0 Å². The Morgan fingerprint density at radius 1 is 1.06 bits per heavy atom. The molecule has 0 aliphatic rings. The molecule has 1 aromatic heterocycles. The molecule has 1 aromatic carbocycles. The van der Waals surface area contributed by atoms with Crippen LogP contribution < -0.4 is 10.5 Å². The van der Waals surface area contributed by atoms with Crippen LogP contribution in [-0.4, -0.2) is 18.4 Å². The Kier molecular flexibility index (Phi) is 5.44. The first-order valence-corrected chi connectivity index (χ1v) is 6.22. The van der Waals surface area contributed by atoms with Crippen LogP contribution in [0.3, 0.4) is 0 Å². The van der Waals surface area contributed by atoms with Crippen molar-refractivity contribution in [2.45, 2.75) is 4.90 Å². The molecule has 0 aliphatic carbocycles. The number of benzene rings is 1. The predicted octanol–water partition coefficient (Wildman–Crippen LogP) is 0.860. The van der Waals surface area contributed by atoms with Crippen molar-refractivity contribution in [3.05, 3.63) is 42.7 Å². The van der Waals surface area contributed by atoms with Gasteiger partial charge in [-0.3, -0.25) is 0 Å². The third kappa shape index (κ3) is 3.87. The third-order valence-corrected chi connectivity index (χ3v) is 3.33. The number of sulfonamides is 1. The third-order valence-electron chi connectivity index (χ3n) is 1.98. The molecule has 89 valence electrons. The number of anilines is 2. The molecule has 2 aromatic rings. The number of rotatable bonds is 3. The van der Waals surface area contributed by atoms with Crippen molar-refractivity contribution in [3.63, 3.8) is 0 Å². The van der Waals surface area contributed by atoms with E-state index in [1.54, 1.807) is 6.07 Å². The molecular weight excluding hydrogens is 380 g/mol. The molecule has 8 heteroatoms. The first kappa shape index (κ1) is 15.3. The van der Waals surface area contributed by atoms with Gasteiger partial charge in [-0.1, -0.05) is 0 Å². The van der Waals surface area contributed by atoms with Crippen LogP contribution in [0, 0.1) is 41.7 Å². The van der Waals surface area contributed by atoms with Gasteiger partial charge in [0, 0.05) is 18.1 Å². The van der Waals surface area contributed by atoms with E-state index in [1.807, 2.05) is 0 Å². The van der Waals surface area contributed by atoms with Gasteiger partial charge in [0.25, 0.3) is 10.0 Å². The van der Waals surface area contributed by atoms with Crippen LogP contribution in [0.15, 0.2) is 47.6 Å². The van der Waals surface area contributed by atoms with E-state index in [1.165, 1.54) is 36.7 Å². The van der Waals surface area contributed by atoms with Gasteiger partial charge in [0.1, 0.15) is 0 Å². The molecule has 0 fully saturated rings. The number of hydrogen-bond acceptors (Lipinski definition) is 5. The summed E-state index contributed by atoms with van der Waals surface area (Å²) < 4.78 is 26.0. The molecule has 0 amide bonds. The van der Waals surface area contributed by atoms with E-state index >= 15 is 0 Å². The average Bonchev–Trinajstić information content (AvgIpc) is 2.30. The minimum Gasteiger partial charge on any atom is -0.399 e. The first-order valence-electron chi connectivity index (χ1n) is 4.73. The van der Waals surface area contributed by atoms with Crippen LogP contribution >= 0.6 is 0 Å². The van der Waals surface area contributed by atoms with Crippen LogP contribution in [0.4, 0.5) is 11.6 Å². The molecule has 0 saturated heterocycles. The molecule has 18 heavy (non-hydrogen) atoms. The van der Waals surface area contributed by atoms with Crippen molar-refractivity contribution < 1.29 is 50.2 Å². The number of aromatic nitrogens is 2. The monoisotopic (exact) mass is 390 g/mol. The molecule has 3 N–H and O–H groups in total. The van der Waals surface area contributed by atoms with Crippen LogP contribution in [-0.2, 0) is 10.0 Å². The minimum atomic E-state index is -3.66. The molecular formula is C10H10CeN4O2S+3. The van der Waals surface area contributed by atoms with E-state index < -0.39 is 10.0 Å². The molecule has 0 aliphatic heterocycles. The molecule has 0 unspecified atom stereocenters. The van der Waals surface area contributed by atoms with Crippen molar-refractivity contribution in [2.24, 2.45) is 0 Å². The summed E-state index contributed by atoms with van der Waals surface area (Å²) in [5.41, 5.74) is 5.98. The van der Waals surface area contributed by atoms with Crippen molar-refractivity contribution >= 4 is 21.7 Å². The Morgan fingerprint density at radius 3 is 2.17 bits per heavy atom. The molecule has 2 rings (SSSR count). The summed E-state index contributed by atoms with van der Waals surface area (Å²) in [7, 11) is -3.66. The zero-order valence-electron chi connectivity index (χ0n) is 9.24. The van der Waals surface area contributed by atoms with Gasteiger partial charge in [-0.25, -0.2) is 23.1 Å². The predicted molar refractivity (Wildman–Crippen MR) is 63.7 cm³/mol. The quantitative estimate of drug-likeness (QED) is 0.758. The smallest absolute Gasteiger partial charge is 0.399 e. The molecule has 0 atom stereocenters. The van der Waals surface area contributed by atoms with Gasteiger partial charge in [-0.2, -0.15) is 0 Å². The second-order valence-electron chi connectivity index (χ2n) is 3.25. The van der Waals surface area contributed by atoms with E-state index in [0.29, 0.717) is 5.69 Å². The largest absolute Gasteiger partial charge is 3.00 e. The van der Waals surface area contributed by atoms with E-state index in [0.717, 1.165) is 0 Å². The van der Waals surface area contributed by atoms with Gasteiger partial charge in [-0.15, -0.1) is 0 Å². The first-order chi connectivity index (χ1) is 8.08.